The van der Waals surface area contributed by atoms with E-state index in [9.17, 15) is 24.0 Å². The SMILES string of the molecule is O=S(=O)=O.O=[C-]OCC1c2ccccc2-c2ccc(NC(=O)CCN3C(=O)CC(SCCCCCCCCCCCCCCCC=O)C3=O)cc21.[Y]. The van der Waals surface area contributed by atoms with Crippen molar-refractivity contribution in [2.24, 2.45) is 0 Å². The maximum absolute atomic E-state index is 12.9. The molecule has 3 amide bonds. The normalized spacial score (nSPS) is 15.5. The second-order valence-corrected chi connectivity index (χ2v) is 14.6. The number of rotatable bonds is 24. The number of carbonyl (C=O) groups excluding carboxylic acids is 5. The number of ether oxygens (including phenoxy) is 1. The number of hydrogen-bond acceptors (Lipinski definition) is 10. The molecule has 11 nitrogen and oxygen atoms in total. The molecule has 1 aliphatic carbocycles. The van der Waals surface area contributed by atoms with E-state index in [1.807, 2.05) is 42.5 Å². The van der Waals surface area contributed by atoms with Crippen LogP contribution >= 0.6 is 11.8 Å². The van der Waals surface area contributed by atoms with Gasteiger partial charge in [0.1, 0.15) is 6.29 Å². The number of nitrogens with one attached hydrogen (secondary N) is 1. The number of benzene rings is 2. The van der Waals surface area contributed by atoms with E-state index in [0.717, 1.165) is 53.6 Å². The van der Waals surface area contributed by atoms with Crippen LogP contribution in [0.4, 0.5) is 5.69 Å². The summed E-state index contributed by atoms with van der Waals surface area (Å²) < 4.78 is 30.3. The number of imide groups is 1. The molecule has 1 N–H and O–H groups in total. The van der Waals surface area contributed by atoms with E-state index in [1.165, 1.54) is 75.6 Å². The smallest absolute Gasteiger partial charge is 0.425 e. The Labute approximate surface area is 338 Å². The molecule has 1 radical (unpaired) electrons. The van der Waals surface area contributed by atoms with E-state index in [4.69, 9.17) is 17.4 Å². The quantitative estimate of drug-likeness (QED) is 0.0520. The van der Waals surface area contributed by atoms with Crippen LogP contribution in [0.1, 0.15) is 120 Å². The van der Waals surface area contributed by atoms with Gasteiger partial charge in [-0.1, -0.05) is 107 Å². The van der Waals surface area contributed by atoms with Crippen molar-refractivity contribution >= 4 is 58.5 Å². The van der Waals surface area contributed by atoms with Gasteiger partial charge in [0.15, 0.2) is 0 Å². The predicted molar refractivity (Wildman–Crippen MR) is 197 cm³/mol. The fraction of sp³-hybridized carbons (Fsp3) is 0.553. The van der Waals surface area contributed by atoms with Gasteiger partial charge >= 0.3 is 10.6 Å². The van der Waals surface area contributed by atoms with Gasteiger partial charge in [0.25, 0.3) is 0 Å². The van der Waals surface area contributed by atoms with Crippen LogP contribution in [-0.2, 0) is 72.0 Å². The van der Waals surface area contributed by atoms with Crippen molar-refractivity contribution in [3.05, 3.63) is 53.6 Å². The summed E-state index contributed by atoms with van der Waals surface area (Å²) in [5.41, 5.74) is 4.75. The van der Waals surface area contributed by atoms with Gasteiger partial charge < -0.3 is 19.6 Å². The molecule has 0 spiro atoms. The van der Waals surface area contributed by atoms with Crippen LogP contribution in [-0.4, -0.2) is 72.2 Å². The third-order valence-corrected chi connectivity index (χ3v) is 10.5. The summed E-state index contributed by atoms with van der Waals surface area (Å²) in [5, 5.41) is 2.55. The molecule has 2 aliphatic rings. The second kappa shape index (κ2) is 26.1. The molecule has 2 atom stereocenters. The molecule has 1 aliphatic heterocycles. The maximum atomic E-state index is 12.9. The monoisotopic (exact) mass is 830 g/mol. The summed E-state index contributed by atoms with van der Waals surface area (Å²) in [6, 6.07) is 13.6. The second-order valence-electron chi connectivity index (χ2n) is 12.8. The molecule has 0 saturated carbocycles. The van der Waals surface area contributed by atoms with Crippen molar-refractivity contribution in [3.8, 4) is 11.1 Å². The van der Waals surface area contributed by atoms with Crippen LogP contribution in [0.3, 0.4) is 0 Å². The average Bonchev–Trinajstić information content (AvgIpc) is 3.56. The molecule has 0 bridgehead atoms. The maximum Gasteiger partial charge on any atom is 0.425 e. The Kier molecular flexibility index (Phi) is 22.8. The first kappa shape index (κ1) is 45.4. The average molecular weight is 831 g/mol. The number of likely N-dealkylation sites (tertiary alicyclic amines) is 1. The van der Waals surface area contributed by atoms with Crippen LogP contribution in [0.5, 0.6) is 0 Å². The molecule has 2 aromatic rings. The van der Waals surface area contributed by atoms with Crippen molar-refractivity contribution in [1.29, 1.82) is 0 Å². The Morgan fingerprint density at radius 2 is 1.44 bits per heavy atom. The minimum atomic E-state index is -3.11. The van der Waals surface area contributed by atoms with E-state index in [2.05, 4.69) is 5.32 Å². The summed E-state index contributed by atoms with van der Waals surface area (Å²) in [6.45, 7) is 1.74. The van der Waals surface area contributed by atoms with Crippen molar-refractivity contribution < 1.29 is 74.0 Å². The molecule has 1 fully saturated rings. The third-order valence-electron chi connectivity index (χ3n) is 9.20. The Bertz CT molecular complexity index is 1570. The van der Waals surface area contributed by atoms with Gasteiger partial charge in [-0.15, -0.1) is 24.4 Å². The third kappa shape index (κ3) is 15.7. The van der Waals surface area contributed by atoms with Crippen LogP contribution in [0, 0.1) is 0 Å². The molecular weight excluding hydrogens is 781 g/mol. The molecule has 14 heteroatoms. The largest absolute Gasteiger partial charge is 0.652 e. The van der Waals surface area contributed by atoms with Gasteiger partial charge in [0, 0.05) is 70.1 Å². The standard InChI is InChI=1S/C38H49N2O6S.O3S.Y/c41-23-15-11-9-7-5-3-1-2-4-6-8-10-12-16-24-47-35-26-37(44)40(38(35)45)22-21-36(43)39-29-19-20-32-30-17-13-14-18-31(30)34(27-46-28-42)33(32)25-29;1-4(2)3;/h13-14,17-20,23,25,34-35H,1-12,15-16,21-22,24,26-27H2,(H,39,43);;/q-1;;. The predicted octanol–water partition coefficient (Wildman–Crippen LogP) is 6.73. The molecule has 1 heterocycles. The van der Waals surface area contributed by atoms with Crippen LogP contribution in [0.25, 0.3) is 11.1 Å². The van der Waals surface area contributed by atoms with Gasteiger partial charge in [0.05, 0.1) is 11.9 Å². The first-order valence-electron chi connectivity index (χ1n) is 17.9. The van der Waals surface area contributed by atoms with Gasteiger partial charge in [0.2, 0.25) is 17.7 Å². The van der Waals surface area contributed by atoms with Gasteiger partial charge in [-0.2, -0.15) is 0 Å². The topological polar surface area (TPSA) is 161 Å². The molecule has 2 unspecified atom stereocenters. The van der Waals surface area contributed by atoms with E-state index < -0.39 is 10.6 Å². The molecule has 2 aromatic carbocycles. The van der Waals surface area contributed by atoms with E-state index in [-0.39, 0.29) is 87.6 Å². The number of unbranched alkanes of at least 4 members (excludes halogenated alkanes) is 13. The zero-order valence-corrected chi connectivity index (χ0v) is 34.2. The molecule has 1 saturated heterocycles. The van der Waals surface area contributed by atoms with Gasteiger partial charge in [-0.3, -0.25) is 19.3 Å². The molecule has 281 valence electrons. The van der Waals surface area contributed by atoms with Gasteiger partial charge in [-0.25, -0.2) is 0 Å². The number of anilines is 1. The number of aldehydes is 1. The van der Waals surface area contributed by atoms with Crippen LogP contribution < -0.4 is 5.32 Å². The zero-order chi connectivity index (χ0) is 36.8. The number of fused-ring (bicyclic) bond motifs is 3. The summed E-state index contributed by atoms with van der Waals surface area (Å²) >= 11 is 1.57. The molecular formula is C38H49N2O9S2Y-. The molecule has 0 aromatic heterocycles. The number of amides is 3. The van der Waals surface area contributed by atoms with Crippen molar-refractivity contribution in [2.45, 2.75) is 114 Å². The summed E-state index contributed by atoms with van der Waals surface area (Å²) in [5.74, 6) is 0.0658. The van der Waals surface area contributed by atoms with Crippen molar-refractivity contribution in [3.63, 3.8) is 0 Å². The molecule has 52 heavy (non-hydrogen) atoms. The van der Waals surface area contributed by atoms with Crippen molar-refractivity contribution in [2.75, 3.05) is 24.2 Å². The zero-order valence-electron chi connectivity index (χ0n) is 29.7. The fourth-order valence-electron chi connectivity index (χ4n) is 6.64. The van der Waals surface area contributed by atoms with Gasteiger partial charge in [-0.05, 0) is 53.0 Å². The van der Waals surface area contributed by atoms with Crippen LogP contribution in [0.15, 0.2) is 42.5 Å². The van der Waals surface area contributed by atoms with E-state index >= 15 is 0 Å². The van der Waals surface area contributed by atoms with Crippen LogP contribution in [0.2, 0.25) is 0 Å². The summed E-state index contributed by atoms with van der Waals surface area (Å²) in [4.78, 5) is 60.7. The first-order valence-corrected chi connectivity index (χ1v) is 20.0. The Morgan fingerprint density at radius 3 is 2.06 bits per heavy atom. The number of hydrogen-bond donors (Lipinski definition) is 1. The first-order chi connectivity index (χ1) is 24.8. The Hall–Kier alpha value is -2.74. The Morgan fingerprint density at radius 1 is 0.865 bits per heavy atom. The van der Waals surface area contributed by atoms with E-state index in [0.29, 0.717) is 12.1 Å². The minimum absolute atomic E-state index is 0. The minimum Gasteiger partial charge on any atom is -0.652 e. The molecule has 4 rings (SSSR count). The number of thioether (sulfide) groups is 1. The fourth-order valence-corrected chi connectivity index (χ4v) is 7.82. The number of nitrogens with zero attached hydrogens (tertiary/aromatic N) is 1. The summed E-state index contributed by atoms with van der Waals surface area (Å²) in [6.07, 6.45) is 17.8. The summed E-state index contributed by atoms with van der Waals surface area (Å²) in [7, 11) is -3.11. The Balaban J connectivity index is 0.00000178. The van der Waals surface area contributed by atoms with Crippen molar-refractivity contribution in [1.82, 2.24) is 4.90 Å². The number of carbonyl (C=O) groups is 4. The van der Waals surface area contributed by atoms with E-state index in [1.54, 1.807) is 11.8 Å².